The van der Waals surface area contributed by atoms with Gasteiger partial charge in [-0.1, -0.05) is 6.92 Å². The van der Waals surface area contributed by atoms with E-state index in [0.717, 1.165) is 18.2 Å². The van der Waals surface area contributed by atoms with Crippen LogP contribution in [0.1, 0.15) is 6.92 Å². The Bertz CT molecular complexity index is 481. The number of ether oxygens (including phenoxy) is 1. The summed E-state index contributed by atoms with van der Waals surface area (Å²) in [5.41, 5.74) is 4.75. The molecule has 0 aliphatic rings. The minimum Gasteiger partial charge on any atom is -0.485 e. The lowest BCUT2D eigenvalue weighted by atomic mass is 10.2. The molecule has 104 valence electrons. The van der Waals surface area contributed by atoms with Crippen LogP contribution in [0.2, 0.25) is 0 Å². The molecule has 19 heavy (non-hydrogen) atoms. The lowest BCUT2D eigenvalue weighted by molar-refractivity contribution is -0.385. The number of halogens is 1. The minimum absolute atomic E-state index is 0.215. The first-order valence-corrected chi connectivity index (χ1v) is 5.55. The molecule has 0 fully saturated rings. The molecular formula is C11H14FN3O4. The Morgan fingerprint density at radius 3 is 2.84 bits per heavy atom. The largest absolute Gasteiger partial charge is 0.485 e. The second-order valence-corrected chi connectivity index (χ2v) is 3.69. The van der Waals surface area contributed by atoms with E-state index in [1.165, 1.54) is 0 Å². The molecule has 1 aromatic rings. The molecule has 8 heteroatoms. The predicted octanol–water partition coefficient (Wildman–Crippen LogP) is 0.576. The summed E-state index contributed by atoms with van der Waals surface area (Å²) in [6.45, 7) is 2.02. The van der Waals surface area contributed by atoms with E-state index in [0.29, 0.717) is 6.54 Å². The number of hydrogen-bond donors (Lipinski definition) is 2. The first-order valence-electron chi connectivity index (χ1n) is 5.55. The van der Waals surface area contributed by atoms with Crippen LogP contribution in [0.25, 0.3) is 0 Å². The molecule has 0 aliphatic carbocycles. The number of nitro benzene ring substituents is 1. The number of benzene rings is 1. The number of amides is 1. The van der Waals surface area contributed by atoms with E-state index in [1.807, 2.05) is 0 Å². The van der Waals surface area contributed by atoms with Crippen LogP contribution in [-0.2, 0) is 4.79 Å². The zero-order chi connectivity index (χ0) is 14.4. The summed E-state index contributed by atoms with van der Waals surface area (Å²) >= 11 is 0. The van der Waals surface area contributed by atoms with Gasteiger partial charge in [-0.15, -0.1) is 0 Å². The van der Waals surface area contributed by atoms with Gasteiger partial charge in [0.1, 0.15) is 18.5 Å². The van der Waals surface area contributed by atoms with Crippen LogP contribution in [0.5, 0.6) is 5.75 Å². The summed E-state index contributed by atoms with van der Waals surface area (Å²) in [5.74, 6) is -1.56. The Kier molecular flexibility index (Phi) is 5.19. The van der Waals surface area contributed by atoms with E-state index < -0.39 is 22.7 Å². The molecule has 0 radical (unpaired) electrons. The van der Waals surface area contributed by atoms with Gasteiger partial charge in [-0.2, -0.15) is 0 Å². The van der Waals surface area contributed by atoms with Crippen molar-refractivity contribution in [2.24, 2.45) is 5.73 Å². The van der Waals surface area contributed by atoms with Gasteiger partial charge >= 0.3 is 5.69 Å². The van der Waals surface area contributed by atoms with Gasteiger partial charge in [-0.25, -0.2) is 4.39 Å². The Morgan fingerprint density at radius 1 is 1.63 bits per heavy atom. The average molecular weight is 271 g/mol. The van der Waals surface area contributed by atoms with E-state index >= 15 is 0 Å². The summed E-state index contributed by atoms with van der Waals surface area (Å²) in [6.07, 6.45) is 0. The number of primary amides is 1. The van der Waals surface area contributed by atoms with E-state index in [-0.39, 0.29) is 18.0 Å². The number of likely N-dealkylation sites (N-methyl/N-ethyl adjacent to an activating group) is 1. The number of nitrogens with one attached hydrogen (secondary N) is 1. The Labute approximate surface area is 108 Å². The van der Waals surface area contributed by atoms with Crippen LogP contribution in [0.3, 0.4) is 0 Å². The topological polar surface area (TPSA) is 107 Å². The first-order chi connectivity index (χ1) is 8.95. The van der Waals surface area contributed by atoms with Gasteiger partial charge in [0.15, 0.2) is 5.75 Å². The molecule has 0 aromatic heterocycles. The van der Waals surface area contributed by atoms with Gasteiger partial charge in [-0.3, -0.25) is 14.9 Å². The zero-order valence-electron chi connectivity index (χ0n) is 10.3. The molecule has 1 unspecified atom stereocenters. The quantitative estimate of drug-likeness (QED) is 0.557. The van der Waals surface area contributed by atoms with Crippen molar-refractivity contribution < 1.29 is 18.8 Å². The monoisotopic (exact) mass is 271 g/mol. The number of hydrogen-bond acceptors (Lipinski definition) is 5. The number of carbonyl (C=O) groups excluding carboxylic acids is 1. The van der Waals surface area contributed by atoms with E-state index in [1.54, 1.807) is 6.92 Å². The third-order valence-corrected chi connectivity index (χ3v) is 2.32. The highest BCUT2D eigenvalue weighted by Gasteiger charge is 2.19. The van der Waals surface area contributed by atoms with Crippen molar-refractivity contribution in [3.63, 3.8) is 0 Å². The maximum absolute atomic E-state index is 13.0. The fraction of sp³-hybridized carbons (Fsp3) is 0.364. The molecule has 1 aromatic carbocycles. The molecular weight excluding hydrogens is 257 g/mol. The average Bonchev–Trinajstić information content (AvgIpc) is 2.33. The lowest BCUT2D eigenvalue weighted by Crippen LogP contribution is -2.45. The standard InChI is InChI=1S/C11H14FN3O4/c1-2-14-8(11(13)16)6-19-10-5-7(12)3-4-9(10)15(17)18/h3-5,8,14H,2,6H2,1H3,(H2,13,16). The SMILES string of the molecule is CCNC(COc1cc(F)ccc1[N+](=O)[O-])C(N)=O. The van der Waals surface area contributed by atoms with Crippen molar-refractivity contribution in [2.75, 3.05) is 13.2 Å². The Morgan fingerprint density at radius 2 is 2.32 bits per heavy atom. The predicted molar refractivity (Wildman–Crippen MR) is 65.2 cm³/mol. The van der Waals surface area contributed by atoms with E-state index in [2.05, 4.69) is 5.32 Å². The molecule has 0 spiro atoms. The molecule has 0 saturated carbocycles. The zero-order valence-corrected chi connectivity index (χ0v) is 10.3. The molecule has 3 N–H and O–H groups in total. The summed E-state index contributed by atoms with van der Waals surface area (Å²) in [5, 5.41) is 13.5. The van der Waals surface area contributed by atoms with Gasteiger partial charge in [0.25, 0.3) is 0 Å². The third kappa shape index (κ3) is 4.18. The van der Waals surface area contributed by atoms with Crippen LogP contribution >= 0.6 is 0 Å². The first kappa shape index (κ1) is 14.8. The number of carbonyl (C=O) groups is 1. The highest BCUT2D eigenvalue weighted by molar-refractivity contribution is 5.80. The fourth-order valence-corrected chi connectivity index (χ4v) is 1.42. The lowest BCUT2D eigenvalue weighted by Gasteiger charge is -2.15. The molecule has 7 nitrogen and oxygen atoms in total. The molecule has 1 amide bonds. The molecule has 1 atom stereocenters. The maximum Gasteiger partial charge on any atom is 0.311 e. The van der Waals surface area contributed by atoms with Crippen LogP contribution in [-0.4, -0.2) is 30.0 Å². The molecule has 0 heterocycles. The second kappa shape index (κ2) is 6.64. The molecule has 1 rings (SSSR count). The van der Waals surface area contributed by atoms with Crippen molar-refractivity contribution in [1.29, 1.82) is 0 Å². The maximum atomic E-state index is 13.0. The van der Waals surface area contributed by atoms with Crippen LogP contribution in [0.15, 0.2) is 18.2 Å². The number of nitro groups is 1. The third-order valence-electron chi connectivity index (χ3n) is 2.32. The summed E-state index contributed by atoms with van der Waals surface area (Å²) in [7, 11) is 0. The summed E-state index contributed by atoms with van der Waals surface area (Å²) in [4.78, 5) is 21.1. The van der Waals surface area contributed by atoms with Crippen LogP contribution in [0.4, 0.5) is 10.1 Å². The van der Waals surface area contributed by atoms with Crippen molar-refractivity contribution in [3.05, 3.63) is 34.1 Å². The highest BCUT2D eigenvalue weighted by atomic mass is 19.1. The smallest absolute Gasteiger partial charge is 0.311 e. The van der Waals surface area contributed by atoms with E-state index in [4.69, 9.17) is 10.5 Å². The van der Waals surface area contributed by atoms with Crippen molar-refractivity contribution in [2.45, 2.75) is 13.0 Å². The van der Waals surface area contributed by atoms with Crippen molar-refractivity contribution in [3.8, 4) is 5.75 Å². The Hall–Kier alpha value is -2.22. The number of nitrogens with zero attached hydrogens (tertiary/aromatic N) is 1. The van der Waals surface area contributed by atoms with Gasteiger partial charge in [0.05, 0.1) is 4.92 Å². The summed E-state index contributed by atoms with van der Waals surface area (Å²) < 4.78 is 18.1. The van der Waals surface area contributed by atoms with Gasteiger partial charge < -0.3 is 15.8 Å². The summed E-state index contributed by atoms with van der Waals surface area (Å²) in [6, 6.07) is 2.05. The van der Waals surface area contributed by atoms with Gasteiger partial charge in [0, 0.05) is 12.1 Å². The Balaban J connectivity index is 2.83. The fourth-order valence-electron chi connectivity index (χ4n) is 1.42. The molecule has 0 aliphatic heterocycles. The van der Waals surface area contributed by atoms with Crippen molar-refractivity contribution >= 4 is 11.6 Å². The van der Waals surface area contributed by atoms with Gasteiger partial charge in [-0.05, 0) is 12.6 Å². The van der Waals surface area contributed by atoms with E-state index in [9.17, 15) is 19.3 Å². The number of nitrogens with two attached hydrogens (primary N) is 1. The van der Waals surface area contributed by atoms with Gasteiger partial charge in [0.2, 0.25) is 5.91 Å². The highest BCUT2D eigenvalue weighted by Crippen LogP contribution is 2.27. The molecule has 0 bridgehead atoms. The minimum atomic E-state index is -0.798. The number of rotatable bonds is 7. The second-order valence-electron chi connectivity index (χ2n) is 3.69. The molecule has 0 saturated heterocycles. The van der Waals surface area contributed by atoms with Crippen molar-refractivity contribution in [1.82, 2.24) is 5.32 Å². The van der Waals surface area contributed by atoms with Crippen LogP contribution < -0.4 is 15.8 Å². The normalized spacial score (nSPS) is 11.9. The van der Waals surface area contributed by atoms with Crippen LogP contribution in [0, 0.1) is 15.9 Å².